The SMILES string of the molecule is COc1ccc([C@H]2[C@H](N)C(=O)N2c2ccc(Br)cc2)cc1. The molecular formula is C16H15BrN2O2. The van der Waals surface area contributed by atoms with Crippen LogP contribution in [-0.2, 0) is 4.79 Å². The molecule has 0 aromatic heterocycles. The van der Waals surface area contributed by atoms with Crippen LogP contribution in [0.25, 0.3) is 0 Å². The number of carbonyl (C=O) groups is 1. The molecule has 4 nitrogen and oxygen atoms in total. The van der Waals surface area contributed by atoms with E-state index in [-0.39, 0.29) is 11.9 Å². The van der Waals surface area contributed by atoms with E-state index in [1.165, 1.54) is 0 Å². The van der Waals surface area contributed by atoms with Crippen LogP contribution in [0.5, 0.6) is 5.75 Å². The Hall–Kier alpha value is -1.85. The van der Waals surface area contributed by atoms with Crippen molar-refractivity contribution < 1.29 is 9.53 Å². The van der Waals surface area contributed by atoms with E-state index in [2.05, 4.69) is 15.9 Å². The molecule has 108 valence electrons. The summed E-state index contributed by atoms with van der Waals surface area (Å²) < 4.78 is 6.13. The first-order chi connectivity index (χ1) is 10.1. The lowest BCUT2D eigenvalue weighted by molar-refractivity contribution is -0.126. The van der Waals surface area contributed by atoms with E-state index in [9.17, 15) is 4.79 Å². The molecule has 0 spiro atoms. The predicted octanol–water partition coefficient (Wildman–Crippen LogP) is 2.87. The van der Waals surface area contributed by atoms with Gasteiger partial charge in [-0.05, 0) is 42.0 Å². The van der Waals surface area contributed by atoms with E-state index in [0.717, 1.165) is 21.5 Å². The van der Waals surface area contributed by atoms with Crippen molar-refractivity contribution in [3.8, 4) is 5.75 Å². The second kappa shape index (κ2) is 5.50. The van der Waals surface area contributed by atoms with Crippen molar-refractivity contribution in [2.75, 3.05) is 12.0 Å². The standard InChI is InChI=1S/C16H15BrN2O2/c1-21-13-8-2-10(3-9-13)15-14(18)16(20)19(15)12-6-4-11(17)5-7-12/h2-9,14-15H,18H2,1H3/t14-,15-/m0/s1. The topological polar surface area (TPSA) is 55.6 Å². The second-order valence-electron chi connectivity index (χ2n) is 4.93. The van der Waals surface area contributed by atoms with Gasteiger partial charge in [0.25, 0.3) is 0 Å². The van der Waals surface area contributed by atoms with Gasteiger partial charge in [-0.2, -0.15) is 0 Å². The number of ether oxygens (including phenoxy) is 1. The Morgan fingerprint density at radius 3 is 2.29 bits per heavy atom. The van der Waals surface area contributed by atoms with E-state index < -0.39 is 6.04 Å². The fourth-order valence-corrected chi connectivity index (χ4v) is 2.82. The third-order valence-electron chi connectivity index (χ3n) is 3.70. The smallest absolute Gasteiger partial charge is 0.247 e. The number of hydrogen-bond donors (Lipinski definition) is 1. The van der Waals surface area contributed by atoms with Crippen LogP contribution in [0, 0.1) is 0 Å². The number of β-lactam (4-membered cyclic amide) rings is 1. The number of nitrogens with zero attached hydrogens (tertiary/aromatic N) is 1. The van der Waals surface area contributed by atoms with Crippen LogP contribution in [0.1, 0.15) is 11.6 Å². The third-order valence-corrected chi connectivity index (χ3v) is 4.23. The van der Waals surface area contributed by atoms with E-state index in [1.54, 1.807) is 12.0 Å². The van der Waals surface area contributed by atoms with Crippen LogP contribution in [0.3, 0.4) is 0 Å². The van der Waals surface area contributed by atoms with Gasteiger partial charge in [-0.15, -0.1) is 0 Å². The van der Waals surface area contributed by atoms with E-state index in [0.29, 0.717) is 0 Å². The molecule has 0 radical (unpaired) electrons. The molecule has 1 heterocycles. The summed E-state index contributed by atoms with van der Waals surface area (Å²) in [6.45, 7) is 0. The molecule has 0 unspecified atom stereocenters. The summed E-state index contributed by atoms with van der Waals surface area (Å²) in [7, 11) is 1.63. The van der Waals surface area contributed by atoms with Crippen LogP contribution >= 0.6 is 15.9 Å². The maximum atomic E-state index is 12.1. The van der Waals surface area contributed by atoms with E-state index in [4.69, 9.17) is 10.5 Å². The molecule has 2 N–H and O–H groups in total. The van der Waals surface area contributed by atoms with E-state index >= 15 is 0 Å². The molecule has 2 aromatic carbocycles. The number of amides is 1. The number of anilines is 1. The quantitative estimate of drug-likeness (QED) is 0.869. The molecule has 3 rings (SSSR count). The van der Waals surface area contributed by atoms with Crippen LogP contribution in [0.15, 0.2) is 53.0 Å². The summed E-state index contributed by atoms with van der Waals surface area (Å²) in [5.74, 6) is 0.728. The fourth-order valence-electron chi connectivity index (χ4n) is 2.56. The highest BCUT2D eigenvalue weighted by Crippen LogP contribution is 2.38. The number of halogens is 1. The summed E-state index contributed by atoms with van der Waals surface area (Å²) in [5, 5.41) is 0. The van der Waals surface area contributed by atoms with E-state index in [1.807, 2.05) is 48.5 Å². The zero-order chi connectivity index (χ0) is 15.0. The number of hydrogen-bond acceptors (Lipinski definition) is 3. The third kappa shape index (κ3) is 2.43. The highest BCUT2D eigenvalue weighted by Gasteiger charge is 2.46. The first-order valence-electron chi connectivity index (χ1n) is 6.60. The molecule has 2 aromatic rings. The van der Waals surface area contributed by atoms with Crippen molar-refractivity contribution in [3.05, 3.63) is 58.6 Å². The van der Waals surface area contributed by atoms with Crippen LogP contribution in [0.4, 0.5) is 5.69 Å². The van der Waals surface area contributed by atoms with Gasteiger partial charge < -0.3 is 15.4 Å². The second-order valence-corrected chi connectivity index (χ2v) is 5.84. The zero-order valence-corrected chi connectivity index (χ0v) is 13.1. The lowest BCUT2D eigenvalue weighted by Gasteiger charge is -2.45. The van der Waals surface area contributed by atoms with Crippen LogP contribution in [0.2, 0.25) is 0 Å². The minimum atomic E-state index is -0.498. The minimum Gasteiger partial charge on any atom is -0.497 e. The highest BCUT2D eigenvalue weighted by atomic mass is 79.9. The Labute approximate surface area is 131 Å². The summed E-state index contributed by atoms with van der Waals surface area (Å²) in [4.78, 5) is 13.9. The summed E-state index contributed by atoms with van der Waals surface area (Å²) in [6.07, 6.45) is 0. The van der Waals surface area contributed by atoms with Gasteiger partial charge in [-0.25, -0.2) is 0 Å². The van der Waals surface area contributed by atoms with Gasteiger partial charge in [0.1, 0.15) is 11.8 Å². The molecule has 0 bridgehead atoms. The molecular weight excluding hydrogens is 332 g/mol. The Morgan fingerprint density at radius 2 is 1.71 bits per heavy atom. The Kier molecular flexibility index (Phi) is 3.69. The number of carbonyl (C=O) groups excluding carboxylic acids is 1. The van der Waals surface area contributed by atoms with Crippen molar-refractivity contribution in [2.24, 2.45) is 5.73 Å². The first-order valence-corrected chi connectivity index (χ1v) is 7.39. The number of methoxy groups -OCH3 is 1. The van der Waals surface area contributed by atoms with Gasteiger partial charge in [0.05, 0.1) is 13.2 Å². The zero-order valence-electron chi connectivity index (χ0n) is 11.5. The number of benzene rings is 2. The molecule has 1 amide bonds. The van der Waals surface area contributed by atoms with Gasteiger partial charge in [-0.1, -0.05) is 28.1 Å². The summed E-state index contributed by atoms with van der Waals surface area (Å²) in [5.41, 5.74) is 7.85. The Morgan fingerprint density at radius 1 is 1.10 bits per heavy atom. The van der Waals surface area contributed by atoms with Crippen molar-refractivity contribution in [1.82, 2.24) is 0 Å². The van der Waals surface area contributed by atoms with Crippen molar-refractivity contribution in [3.63, 3.8) is 0 Å². The number of nitrogens with two attached hydrogens (primary N) is 1. The molecule has 1 aliphatic heterocycles. The fraction of sp³-hybridized carbons (Fsp3) is 0.188. The normalized spacial score (nSPS) is 21.1. The van der Waals surface area contributed by atoms with Crippen LogP contribution in [-0.4, -0.2) is 19.1 Å². The molecule has 1 aliphatic rings. The first kappa shape index (κ1) is 14.1. The molecule has 0 saturated carbocycles. The summed E-state index contributed by atoms with van der Waals surface area (Å²) >= 11 is 3.40. The monoisotopic (exact) mass is 346 g/mol. The average molecular weight is 347 g/mol. The Balaban J connectivity index is 1.92. The maximum Gasteiger partial charge on any atom is 0.247 e. The molecule has 1 fully saturated rings. The predicted molar refractivity (Wildman–Crippen MR) is 85.3 cm³/mol. The highest BCUT2D eigenvalue weighted by molar-refractivity contribution is 9.10. The van der Waals surface area contributed by atoms with Crippen molar-refractivity contribution >= 4 is 27.5 Å². The minimum absolute atomic E-state index is 0.0573. The van der Waals surface area contributed by atoms with Crippen molar-refractivity contribution in [1.29, 1.82) is 0 Å². The molecule has 21 heavy (non-hydrogen) atoms. The lowest BCUT2D eigenvalue weighted by Crippen LogP contribution is -2.63. The molecule has 5 heteroatoms. The molecule has 2 atom stereocenters. The molecule has 0 aliphatic carbocycles. The maximum absolute atomic E-state index is 12.1. The lowest BCUT2D eigenvalue weighted by atomic mass is 9.88. The van der Waals surface area contributed by atoms with Gasteiger partial charge in [0.2, 0.25) is 5.91 Å². The largest absolute Gasteiger partial charge is 0.497 e. The van der Waals surface area contributed by atoms with Gasteiger partial charge in [0, 0.05) is 10.2 Å². The average Bonchev–Trinajstić information content (AvgIpc) is 2.53. The van der Waals surface area contributed by atoms with Crippen molar-refractivity contribution in [2.45, 2.75) is 12.1 Å². The van der Waals surface area contributed by atoms with Crippen LogP contribution < -0.4 is 15.4 Å². The van der Waals surface area contributed by atoms with Gasteiger partial charge in [-0.3, -0.25) is 4.79 Å². The molecule has 1 saturated heterocycles. The summed E-state index contributed by atoms with van der Waals surface area (Å²) in [6, 6.07) is 14.7. The van der Waals surface area contributed by atoms with Gasteiger partial charge in [0.15, 0.2) is 0 Å². The Bertz CT molecular complexity index is 655. The number of rotatable bonds is 3. The van der Waals surface area contributed by atoms with Gasteiger partial charge >= 0.3 is 0 Å².